The third-order valence-corrected chi connectivity index (χ3v) is 3.47. The molecule has 0 unspecified atom stereocenters. The Labute approximate surface area is 117 Å². The number of nitrogens with one attached hydrogen (secondary N) is 1. The van der Waals surface area contributed by atoms with Crippen LogP contribution in [0.3, 0.4) is 0 Å². The molecule has 2 aromatic rings. The van der Waals surface area contributed by atoms with Crippen molar-refractivity contribution in [3.05, 3.63) is 34.7 Å². The molecule has 0 spiro atoms. The van der Waals surface area contributed by atoms with E-state index >= 15 is 0 Å². The van der Waals surface area contributed by atoms with Gasteiger partial charge in [-0.1, -0.05) is 13.8 Å². The highest BCUT2D eigenvalue weighted by Crippen LogP contribution is 2.12. The zero-order valence-electron chi connectivity index (χ0n) is 11.3. The first kappa shape index (κ1) is 13.8. The normalized spacial score (nSPS) is 10.9. The molecular weight excluding hydrogens is 258 g/mol. The molecule has 2 heterocycles. The van der Waals surface area contributed by atoms with E-state index in [0.29, 0.717) is 12.3 Å². The molecule has 0 saturated heterocycles. The van der Waals surface area contributed by atoms with Gasteiger partial charge in [0.1, 0.15) is 5.82 Å². The van der Waals surface area contributed by atoms with Crippen molar-refractivity contribution in [3.8, 4) is 0 Å². The summed E-state index contributed by atoms with van der Waals surface area (Å²) in [4.78, 5) is 11.9. The molecule has 0 fully saturated rings. The topological polar surface area (TPSA) is 46.9 Å². The average Bonchev–Trinajstić information content (AvgIpc) is 2.98. The summed E-state index contributed by atoms with van der Waals surface area (Å²) < 4.78 is 1.84. The highest BCUT2D eigenvalue weighted by atomic mass is 32.1. The standard InChI is InChI=1S/C14H19N3OS/c1-11(2)9-17-13(5-7-15-17)16-14(18)4-3-12-6-8-19-10-12/h5-8,10-11H,3-4,9H2,1-2H3,(H,16,18). The number of amides is 1. The summed E-state index contributed by atoms with van der Waals surface area (Å²) in [7, 11) is 0. The molecule has 19 heavy (non-hydrogen) atoms. The Kier molecular flexibility index (Phi) is 4.74. The lowest BCUT2D eigenvalue weighted by Crippen LogP contribution is -2.17. The van der Waals surface area contributed by atoms with E-state index in [1.165, 1.54) is 5.56 Å². The van der Waals surface area contributed by atoms with Crippen LogP contribution in [-0.4, -0.2) is 15.7 Å². The number of aromatic nitrogens is 2. The first-order valence-corrected chi connectivity index (χ1v) is 7.42. The second kappa shape index (κ2) is 6.52. The Morgan fingerprint density at radius 3 is 3.00 bits per heavy atom. The molecular formula is C14H19N3OS. The van der Waals surface area contributed by atoms with E-state index in [1.807, 2.05) is 16.1 Å². The minimum absolute atomic E-state index is 0.0386. The molecule has 0 aliphatic carbocycles. The van der Waals surface area contributed by atoms with Gasteiger partial charge in [-0.15, -0.1) is 0 Å². The van der Waals surface area contributed by atoms with Crippen LogP contribution in [-0.2, 0) is 17.8 Å². The number of nitrogens with zero attached hydrogens (tertiary/aromatic N) is 2. The van der Waals surface area contributed by atoms with Crippen molar-refractivity contribution in [1.82, 2.24) is 9.78 Å². The van der Waals surface area contributed by atoms with Crippen LogP contribution in [0.15, 0.2) is 29.1 Å². The van der Waals surface area contributed by atoms with Crippen LogP contribution < -0.4 is 5.32 Å². The van der Waals surface area contributed by atoms with Gasteiger partial charge in [0.2, 0.25) is 5.91 Å². The van der Waals surface area contributed by atoms with Gasteiger partial charge in [-0.3, -0.25) is 4.79 Å². The zero-order valence-corrected chi connectivity index (χ0v) is 12.1. The molecule has 2 aromatic heterocycles. The number of anilines is 1. The predicted octanol–water partition coefficient (Wildman–Crippen LogP) is 3.17. The summed E-state index contributed by atoms with van der Waals surface area (Å²) in [5, 5.41) is 11.3. The van der Waals surface area contributed by atoms with Crippen LogP contribution in [0.5, 0.6) is 0 Å². The second-order valence-corrected chi connectivity index (χ2v) is 5.75. The van der Waals surface area contributed by atoms with Crippen molar-refractivity contribution in [3.63, 3.8) is 0 Å². The van der Waals surface area contributed by atoms with E-state index in [9.17, 15) is 4.79 Å². The molecule has 0 radical (unpaired) electrons. The highest BCUT2D eigenvalue weighted by molar-refractivity contribution is 7.07. The third kappa shape index (κ3) is 4.21. The molecule has 4 nitrogen and oxygen atoms in total. The first-order valence-electron chi connectivity index (χ1n) is 6.48. The lowest BCUT2D eigenvalue weighted by molar-refractivity contribution is -0.116. The van der Waals surface area contributed by atoms with Crippen LogP contribution in [0.4, 0.5) is 5.82 Å². The summed E-state index contributed by atoms with van der Waals surface area (Å²) in [6.45, 7) is 5.07. The fourth-order valence-electron chi connectivity index (χ4n) is 1.83. The van der Waals surface area contributed by atoms with Crippen molar-refractivity contribution in [2.24, 2.45) is 5.92 Å². The number of carbonyl (C=O) groups is 1. The number of thiophene rings is 1. The minimum Gasteiger partial charge on any atom is -0.311 e. The van der Waals surface area contributed by atoms with Gasteiger partial charge < -0.3 is 5.32 Å². The van der Waals surface area contributed by atoms with Crippen LogP contribution in [0.2, 0.25) is 0 Å². The molecule has 0 saturated carbocycles. The first-order chi connectivity index (χ1) is 9.15. The van der Waals surface area contributed by atoms with Gasteiger partial charge in [-0.05, 0) is 34.7 Å². The summed E-state index contributed by atoms with van der Waals surface area (Å²) in [6.07, 6.45) is 3.01. The maximum atomic E-state index is 11.9. The molecule has 0 bridgehead atoms. The monoisotopic (exact) mass is 277 g/mol. The lowest BCUT2D eigenvalue weighted by Gasteiger charge is -2.10. The van der Waals surface area contributed by atoms with Crippen molar-refractivity contribution in [2.45, 2.75) is 33.2 Å². The van der Waals surface area contributed by atoms with E-state index in [-0.39, 0.29) is 5.91 Å². The predicted molar refractivity (Wildman–Crippen MR) is 78.3 cm³/mol. The van der Waals surface area contributed by atoms with E-state index in [1.54, 1.807) is 17.5 Å². The largest absolute Gasteiger partial charge is 0.311 e. The molecule has 0 aromatic carbocycles. The van der Waals surface area contributed by atoms with Crippen molar-refractivity contribution in [2.75, 3.05) is 5.32 Å². The van der Waals surface area contributed by atoms with Crippen molar-refractivity contribution >= 4 is 23.1 Å². The SMILES string of the molecule is CC(C)Cn1nccc1NC(=O)CCc1ccsc1. The lowest BCUT2D eigenvalue weighted by atomic mass is 10.2. The van der Waals surface area contributed by atoms with E-state index in [0.717, 1.165) is 18.8 Å². The fourth-order valence-corrected chi connectivity index (χ4v) is 2.53. The van der Waals surface area contributed by atoms with Crippen molar-refractivity contribution < 1.29 is 4.79 Å². The number of aryl methyl sites for hydroxylation is 1. The quantitative estimate of drug-likeness (QED) is 0.881. The minimum atomic E-state index is 0.0386. The maximum absolute atomic E-state index is 11.9. The number of carbonyl (C=O) groups excluding carboxylic acids is 1. The Bertz CT molecular complexity index is 517. The van der Waals surface area contributed by atoms with Gasteiger partial charge >= 0.3 is 0 Å². The summed E-state index contributed by atoms with van der Waals surface area (Å²) >= 11 is 1.66. The molecule has 0 aliphatic rings. The molecule has 2 rings (SSSR count). The smallest absolute Gasteiger partial charge is 0.225 e. The summed E-state index contributed by atoms with van der Waals surface area (Å²) in [5.41, 5.74) is 1.22. The van der Waals surface area contributed by atoms with Gasteiger partial charge in [-0.25, -0.2) is 4.68 Å². The molecule has 5 heteroatoms. The fraction of sp³-hybridized carbons (Fsp3) is 0.429. The van der Waals surface area contributed by atoms with Gasteiger partial charge in [-0.2, -0.15) is 16.4 Å². The van der Waals surface area contributed by atoms with Crippen molar-refractivity contribution in [1.29, 1.82) is 0 Å². The van der Waals surface area contributed by atoms with E-state index < -0.39 is 0 Å². The highest BCUT2D eigenvalue weighted by Gasteiger charge is 2.08. The molecule has 102 valence electrons. The Morgan fingerprint density at radius 2 is 2.32 bits per heavy atom. The summed E-state index contributed by atoms with van der Waals surface area (Å²) in [5.74, 6) is 1.32. The molecule has 0 aliphatic heterocycles. The van der Waals surface area contributed by atoms with Gasteiger partial charge in [0.25, 0.3) is 0 Å². The van der Waals surface area contributed by atoms with Crippen LogP contribution in [0, 0.1) is 5.92 Å². The van der Waals surface area contributed by atoms with E-state index in [4.69, 9.17) is 0 Å². The van der Waals surface area contributed by atoms with Crippen LogP contribution in [0.1, 0.15) is 25.8 Å². The maximum Gasteiger partial charge on any atom is 0.225 e. The third-order valence-electron chi connectivity index (χ3n) is 2.74. The van der Waals surface area contributed by atoms with Crippen LogP contribution >= 0.6 is 11.3 Å². The Hall–Kier alpha value is -1.62. The number of rotatable bonds is 6. The number of hydrogen-bond acceptors (Lipinski definition) is 3. The molecule has 1 amide bonds. The molecule has 0 atom stereocenters. The average molecular weight is 277 g/mol. The Morgan fingerprint density at radius 1 is 1.47 bits per heavy atom. The summed E-state index contributed by atoms with van der Waals surface area (Å²) in [6, 6.07) is 3.89. The second-order valence-electron chi connectivity index (χ2n) is 4.97. The Balaban J connectivity index is 1.86. The van der Waals surface area contributed by atoms with Gasteiger partial charge in [0.05, 0.1) is 6.20 Å². The van der Waals surface area contributed by atoms with Crippen LogP contribution in [0.25, 0.3) is 0 Å². The number of hydrogen-bond donors (Lipinski definition) is 1. The van der Waals surface area contributed by atoms with Gasteiger partial charge in [0.15, 0.2) is 0 Å². The molecule has 1 N–H and O–H groups in total. The zero-order chi connectivity index (χ0) is 13.7. The van der Waals surface area contributed by atoms with Gasteiger partial charge in [0, 0.05) is 19.0 Å². The van der Waals surface area contributed by atoms with E-state index in [2.05, 4.69) is 35.7 Å².